The van der Waals surface area contributed by atoms with Crippen LogP contribution in [0.5, 0.6) is 0 Å². The van der Waals surface area contributed by atoms with Gasteiger partial charge in [-0.05, 0) is 51.8 Å². The van der Waals surface area contributed by atoms with Crippen molar-refractivity contribution in [2.75, 3.05) is 7.11 Å². The number of carbonyl (C=O) groups excluding carboxylic acids is 1. The Balaban J connectivity index is 2.73. The van der Waals surface area contributed by atoms with Crippen LogP contribution < -0.4 is 0 Å². The van der Waals surface area contributed by atoms with Gasteiger partial charge in [-0.2, -0.15) is 0 Å². The normalized spacial score (nSPS) is 11.5. The standard InChI is InChI=1S/C18H23NO2/c1-14(2)8-7-9-15(3)12-13-19-17-11-6-5-10-16(17)18(20)21-4/h5-6,8,10-13H,7,9H2,1-4H3. The lowest BCUT2D eigenvalue weighted by atomic mass is 10.1. The van der Waals surface area contributed by atoms with Crippen LogP contribution in [0, 0.1) is 0 Å². The first kappa shape index (κ1) is 16.9. The van der Waals surface area contributed by atoms with Gasteiger partial charge in [0.1, 0.15) is 0 Å². The van der Waals surface area contributed by atoms with Crippen molar-refractivity contribution in [1.82, 2.24) is 0 Å². The van der Waals surface area contributed by atoms with E-state index in [2.05, 4.69) is 31.8 Å². The van der Waals surface area contributed by atoms with E-state index in [0.717, 1.165) is 12.8 Å². The van der Waals surface area contributed by atoms with Crippen molar-refractivity contribution in [1.29, 1.82) is 0 Å². The maximum absolute atomic E-state index is 11.6. The molecule has 21 heavy (non-hydrogen) atoms. The van der Waals surface area contributed by atoms with Gasteiger partial charge in [-0.15, -0.1) is 0 Å². The largest absolute Gasteiger partial charge is 0.465 e. The van der Waals surface area contributed by atoms with Gasteiger partial charge < -0.3 is 4.74 Å². The highest BCUT2D eigenvalue weighted by Gasteiger charge is 2.09. The smallest absolute Gasteiger partial charge is 0.340 e. The molecule has 0 fully saturated rings. The number of benzene rings is 1. The Morgan fingerprint density at radius 2 is 1.95 bits per heavy atom. The van der Waals surface area contributed by atoms with Crippen LogP contribution in [0.1, 0.15) is 44.0 Å². The number of nitrogens with zero attached hydrogens (tertiary/aromatic N) is 1. The molecule has 1 aromatic rings. The van der Waals surface area contributed by atoms with Gasteiger partial charge >= 0.3 is 5.97 Å². The Morgan fingerprint density at radius 3 is 2.62 bits per heavy atom. The summed E-state index contributed by atoms with van der Waals surface area (Å²) < 4.78 is 4.75. The maximum Gasteiger partial charge on any atom is 0.340 e. The number of allylic oxidation sites excluding steroid dienone is 4. The van der Waals surface area contributed by atoms with Gasteiger partial charge in [0, 0.05) is 6.21 Å². The van der Waals surface area contributed by atoms with Crippen LogP contribution in [0.3, 0.4) is 0 Å². The van der Waals surface area contributed by atoms with Crippen molar-refractivity contribution in [2.45, 2.75) is 33.6 Å². The monoisotopic (exact) mass is 285 g/mol. The molecule has 1 aromatic carbocycles. The van der Waals surface area contributed by atoms with Gasteiger partial charge in [-0.25, -0.2) is 4.79 Å². The average Bonchev–Trinajstić information content (AvgIpc) is 2.46. The molecule has 0 aromatic heterocycles. The second-order valence-corrected chi connectivity index (χ2v) is 5.12. The summed E-state index contributed by atoms with van der Waals surface area (Å²) >= 11 is 0. The number of hydrogen-bond donors (Lipinski definition) is 0. The molecule has 0 saturated carbocycles. The van der Waals surface area contributed by atoms with E-state index in [0.29, 0.717) is 11.3 Å². The van der Waals surface area contributed by atoms with Gasteiger partial charge in [-0.3, -0.25) is 4.99 Å². The van der Waals surface area contributed by atoms with E-state index in [1.165, 1.54) is 18.3 Å². The van der Waals surface area contributed by atoms with Gasteiger partial charge in [-0.1, -0.05) is 29.4 Å². The molecule has 0 N–H and O–H groups in total. The Labute approximate surface area is 127 Å². The molecule has 0 heterocycles. The quantitative estimate of drug-likeness (QED) is 0.425. The van der Waals surface area contributed by atoms with Crippen LogP contribution in [-0.2, 0) is 4.74 Å². The SMILES string of the molecule is COC(=O)c1ccccc1N=CC=C(C)CCC=C(C)C. The molecule has 0 aliphatic heterocycles. The van der Waals surface area contributed by atoms with Crippen molar-refractivity contribution in [3.05, 3.63) is 53.1 Å². The van der Waals surface area contributed by atoms with Crippen molar-refractivity contribution in [3.63, 3.8) is 0 Å². The fourth-order valence-corrected chi connectivity index (χ4v) is 1.79. The van der Waals surface area contributed by atoms with E-state index in [-0.39, 0.29) is 5.97 Å². The fraction of sp³-hybridized carbons (Fsp3) is 0.333. The second kappa shape index (κ2) is 8.90. The molecule has 0 radical (unpaired) electrons. The molecule has 3 nitrogen and oxygen atoms in total. The van der Waals surface area contributed by atoms with Crippen molar-refractivity contribution >= 4 is 17.9 Å². The summed E-state index contributed by atoms with van der Waals surface area (Å²) in [4.78, 5) is 16.0. The zero-order chi connectivity index (χ0) is 15.7. The van der Waals surface area contributed by atoms with Crippen LogP contribution >= 0.6 is 0 Å². The molecule has 0 bridgehead atoms. The molecular formula is C18H23NO2. The van der Waals surface area contributed by atoms with E-state index in [9.17, 15) is 4.79 Å². The van der Waals surface area contributed by atoms with E-state index in [1.54, 1.807) is 24.4 Å². The zero-order valence-electron chi connectivity index (χ0n) is 13.2. The fourth-order valence-electron chi connectivity index (χ4n) is 1.79. The minimum Gasteiger partial charge on any atom is -0.465 e. The van der Waals surface area contributed by atoms with E-state index >= 15 is 0 Å². The Hall–Kier alpha value is -2.16. The van der Waals surface area contributed by atoms with Crippen LogP contribution in [-0.4, -0.2) is 19.3 Å². The molecule has 0 unspecified atom stereocenters. The summed E-state index contributed by atoms with van der Waals surface area (Å²) in [5, 5.41) is 0. The minimum atomic E-state index is -0.369. The third-order valence-electron chi connectivity index (χ3n) is 2.97. The van der Waals surface area contributed by atoms with Crippen LogP contribution in [0.4, 0.5) is 5.69 Å². The first-order valence-corrected chi connectivity index (χ1v) is 7.05. The van der Waals surface area contributed by atoms with Crippen LogP contribution in [0.15, 0.2) is 52.6 Å². The lowest BCUT2D eigenvalue weighted by molar-refractivity contribution is 0.0601. The molecule has 0 spiro atoms. The van der Waals surface area contributed by atoms with E-state index in [1.807, 2.05) is 12.1 Å². The highest BCUT2D eigenvalue weighted by atomic mass is 16.5. The molecule has 0 saturated heterocycles. The average molecular weight is 285 g/mol. The topological polar surface area (TPSA) is 38.7 Å². The van der Waals surface area contributed by atoms with Gasteiger partial charge in [0.2, 0.25) is 0 Å². The number of para-hydroxylation sites is 1. The third kappa shape index (κ3) is 6.21. The van der Waals surface area contributed by atoms with Gasteiger partial charge in [0.05, 0.1) is 18.4 Å². The number of carbonyl (C=O) groups is 1. The number of methoxy groups -OCH3 is 1. The lowest BCUT2D eigenvalue weighted by Crippen LogP contribution is -2.00. The van der Waals surface area contributed by atoms with Crippen molar-refractivity contribution in [3.8, 4) is 0 Å². The predicted octanol–water partition coefficient (Wildman–Crippen LogP) is 4.87. The number of aliphatic imine (C=N–C) groups is 1. The first-order chi connectivity index (χ1) is 10.0. The molecule has 0 aliphatic rings. The summed E-state index contributed by atoms with van der Waals surface area (Å²) in [7, 11) is 1.37. The molecule has 1 rings (SSSR count). The first-order valence-electron chi connectivity index (χ1n) is 7.05. The lowest BCUT2D eigenvalue weighted by Gasteiger charge is -2.02. The second-order valence-electron chi connectivity index (χ2n) is 5.12. The van der Waals surface area contributed by atoms with E-state index in [4.69, 9.17) is 4.74 Å². The molecule has 0 aliphatic carbocycles. The summed E-state index contributed by atoms with van der Waals surface area (Å²) in [5.41, 5.74) is 3.69. The third-order valence-corrected chi connectivity index (χ3v) is 2.97. The minimum absolute atomic E-state index is 0.369. The Kier molecular flexibility index (Phi) is 7.16. The van der Waals surface area contributed by atoms with Crippen LogP contribution in [0.25, 0.3) is 0 Å². The highest BCUT2D eigenvalue weighted by molar-refractivity contribution is 5.95. The summed E-state index contributed by atoms with van der Waals surface area (Å²) in [6.45, 7) is 6.28. The molecule has 0 atom stereocenters. The van der Waals surface area contributed by atoms with Crippen molar-refractivity contribution < 1.29 is 9.53 Å². The van der Waals surface area contributed by atoms with Gasteiger partial charge in [0.15, 0.2) is 0 Å². The number of ether oxygens (including phenoxy) is 1. The molecule has 3 heteroatoms. The molecular weight excluding hydrogens is 262 g/mol. The maximum atomic E-state index is 11.6. The summed E-state index contributed by atoms with van der Waals surface area (Å²) in [5.74, 6) is -0.369. The Morgan fingerprint density at radius 1 is 1.24 bits per heavy atom. The van der Waals surface area contributed by atoms with Gasteiger partial charge in [0.25, 0.3) is 0 Å². The highest BCUT2D eigenvalue weighted by Crippen LogP contribution is 2.19. The predicted molar refractivity (Wildman–Crippen MR) is 88.4 cm³/mol. The zero-order valence-corrected chi connectivity index (χ0v) is 13.2. The van der Waals surface area contributed by atoms with Crippen LogP contribution in [0.2, 0.25) is 0 Å². The number of hydrogen-bond acceptors (Lipinski definition) is 3. The number of rotatable bonds is 6. The summed E-state index contributed by atoms with van der Waals surface area (Å²) in [6.07, 6.45) is 7.99. The molecule has 0 amide bonds. The molecule has 112 valence electrons. The van der Waals surface area contributed by atoms with E-state index < -0.39 is 0 Å². The number of esters is 1. The summed E-state index contributed by atoms with van der Waals surface area (Å²) in [6, 6.07) is 7.16. The van der Waals surface area contributed by atoms with Crippen molar-refractivity contribution in [2.24, 2.45) is 4.99 Å². The Bertz CT molecular complexity index is 564.